The molecule has 0 spiro atoms. The van der Waals surface area contributed by atoms with Gasteiger partial charge in [-0.2, -0.15) is 0 Å². The minimum atomic E-state index is -3.18. The lowest BCUT2D eigenvalue weighted by Gasteiger charge is -2.24. The average molecular weight is 778 g/mol. The van der Waals surface area contributed by atoms with Gasteiger partial charge in [0.1, 0.15) is 23.4 Å². The summed E-state index contributed by atoms with van der Waals surface area (Å²) < 4.78 is 44.1. The lowest BCUT2D eigenvalue weighted by atomic mass is 9.98. The highest BCUT2D eigenvalue weighted by atomic mass is 32.2. The zero-order valence-corrected chi connectivity index (χ0v) is 34.1. The van der Waals surface area contributed by atoms with E-state index in [-0.39, 0.29) is 17.9 Å². The maximum atomic E-state index is 13.8. The highest BCUT2D eigenvalue weighted by Crippen LogP contribution is 2.38. The summed E-state index contributed by atoms with van der Waals surface area (Å²) in [4.78, 5) is 27.2. The maximum absolute atomic E-state index is 13.8. The smallest absolute Gasteiger partial charge is 0.410 e. The number of nitrogens with zero attached hydrogens (tertiary/aromatic N) is 2. The molecule has 1 saturated carbocycles. The van der Waals surface area contributed by atoms with E-state index in [2.05, 4.69) is 49.3 Å². The Labute approximate surface area is 329 Å². The van der Waals surface area contributed by atoms with Gasteiger partial charge in [-0.3, -0.25) is 5.14 Å². The Balaban J connectivity index is 0.000000185. The van der Waals surface area contributed by atoms with Crippen LogP contribution < -0.4 is 14.6 Å². The van der Waals surface area contributed by atoms with Crippen LogP contribution in [0.1, 0.15) is 70.4 Å². The molecule has 298 valence electrons. The third-order valence-electron chi connectivity index (χ3n) is 9.41. The minimum Gasteiger partial charge on any atom is -0.496 e. The molecule has 2 fully saturated rings. The van der Waals surface area contributed by atoms with Crippen molar-refractivity contribution >= 4 is 35.1 Å². The van der Waals surface area contributed by atoms with Crippen molar-refractivity contribution in [2.75, 3.05) is 40.8 Å². The molecule has 4 aromatic rings. The van der Waals surface area contributed by atoms with Crippen molar-refractivity contribution in [1.29, 1.82) is 0 Å². The van der Waals surface area contributed by atoms with E-state index >= 15 is 0 Å². The molecule has 1 aliphatic carbocycles. The fourth-order valence-corrected chi connectivity index (χ4v) is 6.99. The van der Waals surface area contributed by atoms with Crippen molar-refractivity contribution < 1.29 is 32.6 Å². The molecule has 0 aromatic heterocycles. The Morgan fingerprint density at radius 2 is 1.62 bits per heavy atom. The molecule has 2 aliphatic rings. The minimum absolute atomic E-state index is 0.172. The van der Waals surface area contributed by atoms with E-state index in [0.717, 1.165) is 53.4 Å². The van der Waals surface area contributed by atoms with Crippen molar-refractivity contribution in [3.05, 3.63) is 90.0 Å². The molecule has 55 heavy (non-hydrogen) atoms. The summed E-state index contributed by atoms with van der Waals surface area (Å²) in [6.45, 7) is 10.4. The number of ether oxygens (including phenoxy) is 3. The number of carbonyl (C=O) groups is 2. The van der Waals surface area contributed by atoms with E-state index in [9.17, 15) is 18.4 Å². The second-order valence-electron chi connectivity index (χ2n) is 15.5. The third kappa shape index (κ3) is 13.5. The molecule has 1 atom stereocenters. The first-order chi connectivity index (χ1) is 26.1. The van der Waals surface area contributed by atoms with Gasteiger partial charge < -0.3 is 28.8 Å². The molecule has 0 bridgehead atoms. The standard InChI is InChI=1S/C17H16F2O2.C15H17NOS.C12H24N2O2/c1-12-3-5-13(6-4-12)15-8-7-14(11-16(15)21-2)17(18,19)9-10-20;16-18-15-8-6-11-9-14(7-5-12(11)10-15)17-13-3-1-2-4-13;1-12(2,3)16-11(15)14-7-6-10(9-14)8-13(4)5/h3-8,10-11H,9H2,1-2H3;5-10,13H,1-4,16H2;10H,6-9H2,1-5H3/t;;10-/m..1/s1. The molecule has 0 unspecified atom stereocenters. The largest absolute Gasteiger partial charge is 0.496 e. The summed E-state index contributed by atoms with van der Waals surface area (Å²) in [6, 6.07) is 24.5. The van der Waals surface area contributed by atoms with E-state index in [1.54, 1.807) is 6.07 Å². The van der Waals surface area contributed by atoms with Gasteiger partial charge in [0.15, 0.2) is 0 Å². The van der Waals surface area contributed by atoms with Crippen molar-refractivity contribution in [1.82, 2.24) is 9.80 Å². The second kappa shape index (κ2) is 20.1. The normalized spacial score (nSPS) is 15.9. The third-order valence-corrected chi connectivity index (χ3v) is 9.94. The summed E-state index contributed by atoms with van der Waals surface area (Å²) in [6.07, 6.45) is 5.71. The molecule has 0 radical (unpaired) electrons. The second-order valence-corrected chi connectivity index (χ2v) is 16.2. The average Bonchev–Trinajstić information content (AvgIpc) is 3.84. The number of aldehydes is 1. The number of methoxy groups -OCH3 is 1. The van der Waals surface area contributed by atoms with Crippen LogP contribution in [0.2, 0.25) is 0 Å². The van der Waals surface area contributed by atoms with Gasteiger partial charge in [-0.25, -0.2) is 13.6 Å². The summed E-state index contributed by atoms with van der Waals surface area (Å²) in [5.41, 5.74) is 2.14. The quantitative estimate of drug-likeness (QED) is 0.126. The predicted molar refractivity (Wildman–Crippen MR) is 219 cm³/mol. The zero-order chi connectivity index (χ0) is 40.2. The molecule has 1 saturated heterocycles. The number of nitrogens with two attached hydrogens (primary N) is 1. The Kier molecular flexibility index (Phi) is 15.9. The number of benzene rings is 4. The molecule has 8 nitrogen and oxygen atoms in total. The number of amides is 1. The van der Waals surface area contributed by atoms with Crippen LogP contribution >= 0.6 is 11.9 Å². The number of fused-ring (bicyclic) bond motifs is 1. The SMILES string of the molecule is CN(C)C[C@H]1CCN(C(=O)OC(C)(C)C)C1.COc1cc(C(F)(F)CC=O)ccc1-c1ccc(C)cc1.NSc1ccc2cc(OC3CCCC3)ccc2c1. The van der Waals surface area contributed by atoms with E-state index in [0.29, 0.717) is 17.8 Å². The van der Waals surface area contributed by atoms with Crippen LogP contribution in [0.5, 0.6) is 11.5 Å². The van der Waals surface area contributed by atoms with Crippen molar-refractivity contribution in [2.45, 2.75) is 88.7 Å². The van der Waals surface area contributed by atoms with Crippen molar-refractivity contribution in [3.63, 3.8) is 0 Å². The number of rotatable bonds is 10. The van der Waals surface area contributed by atoms with Crippen LogP contribution in [0, 0.1) is 12.8 Å². The monoisotopic (exact) mass is 777 g/mol. The molecular weight excluding hydrogens is 721 g/mol. The van der Waals surface area contributed by atoms with Gasteiger partial charge in [-0.05, 0) is 138 Å². The van der Waals surface area contributed by atoms with Gasteiger partial charge in [0.05, 0.1) is 19.6 Å². The van der Waals surface area contributed by atoms with Gasteiger partial charge in [0.2, 0.25) is 0 Å². The Hall–Kier alpha value is -4.19. The summed E-state index contributed by atoms with van der Waals surface area (Å²) in [5.74, 6) is -1.24. The molecule has 1 heterocycles. The fourth-order valence-electron chi connectivity index (χ4n) is 6.65. The van der Waals surface area contributed by atoms with Crippen LogP contribution in [0.15, 0.2) is 83.8 Å². The van der Waals surface area contributed by atoms with Gasteiger partial charge in [-0.15, -0.1) is 0 Å². The Morgan fingerprint density at radius 3 is 2.24 bits per heavy atom. The van der Waals surface area contributed by atoms with Gasteiger partial charge in [-0.1, -0.05) is 54.1 Å². The molecule has 6 rings (SSSR count). The zero-order valence-electron chi connectivity index (χ0n) is 33.3. The van der Waals surface area contributed by atoms with E-state index in [4.69, 9.17) is 19.3 Å². The van der Waals surface area contributed by atoms with Gasteiger partial charge >= 0.3 is 6.09 Å². The summed E-state index contributed by atoms with van der Waals surface area (Å²) in [7, 11) is 5.57. The van der Waals surface area contributed by atoms with Crippen LogP contribution in [0.3, 0.4) is 0 Å². The van der Waals surface area contributed by atoms with Crippen LogP contribution in [-0.2, 0) is 15.5 Å². The Bertz CT molecular complexity index is 1840. The number of alkyl halides is 2. The first-order valence-corrected chi connectivity index (χ1v) is 19.8. The highest BCUT2D eigenvalue weighted by Gasteiger charge is 2.32. The maximum Gasteiger partial charge on any atom is 0.410 e. The van der Waals surface area contributed by atoms with Crippen molar-refractivity contribution in [3.8, 4) is 22.6 Å². The first kappa shape index (κ1) is 43.5. The number of halogens is 2. The first-order valence-electron chi connectivity index (χ1n) is 18.9. The molecule has 1 aliphatic heterocycles. The topological polar surface area (TPSA) is 94.3 Å². The van der Waals surface area contributed by atoms with E-state index in [1.165, 1.54) is 67.6 Å². The summed E-state index contributed by atoms with van der Waals surface area (Å²) >= 11 is 1.28. The van der Waals surface area contributed by atoms with Gasteiger partial charge in [0, 0.05) is 35.7 Å². The molecular formula is C44H57F2N3O5S. The Morgan fingerprint density at radius 1 is 0.945 bits per heavy atom. The predicted octanol–water partition coefficient (Wildman–Crippen LogP) is 10.3. The fraction of sp³-hybridized carbons (Fsp3) is 0.455. The number of aryl methyl sites for hydroxylation is 1. The van der Waals surface area contributed by atoms with E-state index in [1.807, 2.05) is 62.9 Å². The molecule has 4 aromatic carbocycles. The number of likely N-dealkylation sites (tertiary alicyclic amines) is 1. The van der Waals surface area contributed by atoms with Gasteiger partial charge in [0.25, 0.3) is 5.92 Å². The van der Waals surface area contributed by atoms with Crippen LogP contribution in [0.25, 0.3) is 21.9 Å². The number of hydrogen-bond donors (Lipinski definition) is 1. The lowest BCUT2D eigenvalue weighted by Crippen LogP contribution is -2.36. The molecule has 11 heteroatoms. The molecule has 1 amide bonds. The van der Waals surface area contributed by atoms with Crippen LogP contribution in [0.4, 0.5) is 13.6 Å². The van der Waals surface area contributed by atoms with E-state index < -0.39 is 17.9 Å². The highest BCUT2D eigenvalue weighted by molar-refractivity contribution is 7.97. The number of carbonyl (C=O) groups excluding carboxylic acids is 2. The molecule has 2 N–H and O–H groups in total. The number of hydrogen-bond acceptors (Lipinski definition) is 8. The summed E-state index contributed by atoms with van der Waals surface area (Å²) in [5, 5.41) is 8.00. The van der Waals surface area contributed by atoms with Crippen molar-refractivity contribution in [2.24, 2.45) is 11.1 Å². The van der Waals surface area contributed by atoms with Crippen LogP contribution in [-0.4, -0.2) is 74.7 Å². The lowest BCUT2D eigenvalue weighted by molar-refractivity contribution is -0.115.